The molecule has 0 aliphatic carbocycles. The molecule has 0 aliphatic heterocycles. The van der Waals surface area contributed by atoms with Crippen LogP contribution in [-0.4, -0.2) is 69.6 Å². The van der Waals surface area contributed by atoms with Gasteiger partial charge in [-0.15, -0.1) is 20.4 Å². The lowest BCUT2D eigenvalue weighted by molar-refractivity contribution is -0.113. The van der Waals surface area contributed by atoms with Crippen LogP contribution >= 0.6 is 34.9 Å². The minimum Gasteiger partial charge on any atom is -0.493 e. The van der Waals surface area contributed by atoms with Crippen LogP contribution in [0.3, 0.4) is 0 Å². The number of methoxy groups -OCH3 is 3. The van der Waals surface area contributed by atoms with Crippen molar-refractivity contribution in [3.63, 3.8) is 0 Å². The SMILES string of the molecule is CCSc1nnc(NC(=O)CSc2nnc(CNC(=O)c3cc(OC)c(OC)c(OC)c3)n2-c2cccc(C)c2)s1. The van der Waals surface area contributed by atoms with Crippen LogP contribution < -0.4 is 24.8 Å². The van der Waals surface area contributed by atoms with E-state index < -0.39 is 0 Å². The number of rotatable bonds is 13. The zero-order chi connectivity index (χ0) is 29.4. The second-order valence-electron chi connectivity index (χ2n) is 8.31. The zero-order valence-corrected chi connectivity index (χ0v) is 25.5. The Balaban J connectivity index is 1.51. The van der Waals surface area contributed by atoms with Crippen LogP contribution in [0.15, 0.2) is 45.9 Å². The molecular formula is C26H29N7O5S3. The lowest BCUT2D eigenvalue weighted by atomic mass is 10.1. The highest BCUT2D eigenvalue weighted by Gasteiger charge is 2.20. The van der Waals surface area contributed by atoms with Gasteiger partial charge in [-0.3, -0.25) is 19.5 Å². The molecular weight excluding hydrogens is 587 g/mol. The zero-order valence-electron chi connectivity index (χ0n) is 23.1. The van der Waals surface area contributed by atoms with Crippen molar-refractivity contribution in [3.8, 4) is 22.9 Å². The highest BCUT2D eigenvalue weighted by molar-refractivity contribution is 8.01. The number of anilines is 1. The maximum atomic E-state index is 13.1. The highest BCUT2D eigenvalue weighted by atomic mass is 32.2. The Labute approximate surface area is 249 Å². The average molecular weight is 616 g/mol. The molecule has 2 N–H and O–H groups in total. The van der Waals surface area contributed by atoms with Crippen molar-refractivity contribution in [2.75, 3.05) is 38.2 Å². The van der Waals surface area contributed by atoms with Gasteiger partial charge in [-0.25, -0.2) is 0 Å². The number of hydrogen-bond acceptors (Lipinski definition) is 12. The maximum Gasteiger partial charge on any atom is 0.251 e. The predicted octanol–water partition coefficient (Wildman–Crippen LogP) is 4.23. The number of aryl methyl sites for hydroxylation is 1. The van der Waals surface area contributed by atoms with Crippen molar-refractivity contribution in [2.24, 2.45) is 0 Å². The molecule has 12 nitrogen and oxygen atoms in total. The molecule has 0 atom stereocenters. The van der Waals surface area contributed by atoms with E-state index in [2.05, 4.69) is 31.0 Å². The molecule has 2 aromatic heterocycles. The van der Waals surface area contributed by atoms with Gasteiger partial charge in [0.1, 0.15) is 0 Å². The third-order valence-electron chi connectivity index (χ3n) is 5.55. The van der Waals surface area contributed by atoms with Crippen molar-refractivity contribution in [3.05, 3.63) is 53.3 Å². The first kappa shape index (κ1) is 30.1. The van der Waals surface area contributed by atoms with Gasteiger partial charge in [0, 0.05) is 11.3 Å². The summed E-state index contributed by atoms with van der Waals surface area (Å²) in [5, 5.41) is 23.3. The van der Waals surface area contributed by atoms with Crippen molar-refractivity contribution >= 4 is 51.8 Å². The summed E-state index contributed by atoms with van der Waals surface area (Å²) in [7, 11) is 4.47. The first-order valence-electron chi connectivity index (χ1n) is 12.3. The van der Waals surface area contributed by atoms with E-state index in [1.807, 2.05) is 42.7 Å². The predicted molar refractivity (Wildman–Crippen MR) is 159 cm³/mol. The van der Waals surface area contributed by atoms with Gasteiger partial charge in [-0.05, 0) is 42.5 Å². The lowest BCUT2D eigenvalue weighted by Crippen LogP contribution is -2.25. The molecule has 2 amide bonds. The van der Waals surface area contributed by atoms with E-state index in [4.69, 9.17) is 14.2 Å². The van der Waals surface area contributed by atoms with E-state index in [-0.39, 0.29) is 24.1 Å². The number of hydrogen-bond donors (Lipinski definition) is 2. The molecule has 2 heterocycles. The fraction of sp³-hybridized carbons (Fsp3) is 0.308. The van der Waals surface area contributed by atoms with Crippen molar-refractivity contribution in [1.29, 1.82) is 0 Å². The van der Waals surface area contributed by atoms with Gasteiger partial charge in [0.05, 0.1) is 33.6 Å². The Kier molecular flexibility index (Phi) is 10.4. The lowest BCUT2D eigenvalue weighted by Gasteiger charge is -2.14. The molecule has 4 aromatic rings. The summed E-state index contributed by atoms with van der Waals surface area (Å²) in [6.45, 7) is 4.08. The van der Waals surface area contributed by atoms with Crippen LogP contribution in [0.1, 0.15) is 28.7 Å². The number of benzene rings is 2. The van der Waals surface area contributed by atoms with Gasteiger partial charge in [-0.2, -0.15) is 0 Å². The average Bonchev–Trinajstić information content (AvgIpc) is 3.60. The Morgan fingerprint density at radius 3 is 2.39 bits per heavy atom. The van der Waals surface area contributed by atoms with Gasteiger partial charge in [0.15, 0.2) is 26.8 Å². The fourth-order valence-electron chi connectivity index (χ4n) is 3.74. The standard InChI is InChI=1S/C26H29N7O5S3/c1-6-39-26-32-30-24(41-26)28-21(34)14-40-25-31-29-20(33(25)17-9-7-8-15(2)10-17)13-27-23(35)16-11-18(36-3)22(38-5)19(12-16)37-4/h7-12H,6,13-14H2,1-5H3,(H,27,35)(H,28,30,34). The van der Waals surface area contributed by atoms with Gasteiger partial charge >= 0.3 is 0 Å². The van der Waals surface area contributed by atoms with Gasteiger partial charge < -0.3 is 19.5 Å². The molecule has 0 fully saturated rings. The molecule has 0 aliphatic rings. The van der Waals surface area contributed by atoms with E-state index in [0.29, 0.717) is 38.9 Å². The minimum atomic E-state index is -0.366. The highest BCUT2D eigenvalue weighted by Crippen LogP contribution is 2.38. The van der Waals surface area contributed by atoms with Crippen LogP contribution in [0.2, 0.25) is 0 Å². The second kappa shape index (κ2) is 14.2. The number of nitrogens with zero attached hydrogens (tertiary/aromatic N) is 5. The van der Waals surface area contributed by atoms with E-state index in [1.54, 1.807) is 23.9 Å². The molecule has 15 heteroatoms. The molecule has 41 heavy (non-hydrogen) atoms. The molecule has 0 radical (unpaired) electrons. The topological polar surface area (TPSA) is 142 Å². The third-order valence-corrected chi connectivity index (χ3v) is 8.33. The van der Waals surface area contributed by atoms with Gasteiger partial charge in [0.25, 0.3) is 5.91 Å². The smallest absolute Gasteiger partial charge is 0.251 e. The molecule has 216 valence electrons. The first-order chi connectivity index (χ1) is 19.9. The third kappa shape index (κ3) is 7.48. The van der Waals surface area contributed by atoms with E-state index in [1.165, 1.54) is 44.4 Å². The monoisotopic (exact) mass is 615 g/mol. The largest absolute Gasteiger partial charge is 0.493 e. The molecule has 0 saturated carbocycles. The number of thioether (sulfide) groups is 2. The number of amides is 2. The Bertz CT molecular complexity index is 1500. The Morgan fingerprint density at radius 1 is 0.976 bits per heavy atom. The van der Waals surface area contributed by atoms with E-state index >= 15 is 0 Å². The van der Waals surface area contributed by atoms with Crippen molar-refractivity contribution in [2.45, 2.75) is 29.9 Å². The number of aromatic nitrogens is 5. The minimum absolute atomic E-state index is 0.0752. The van der Waals surface area contributed by atoms with Crippen LogP contribution in [0, 0.1) is 6.92 Å². The van der Waals surface area contributed by atoms with Crippen LogP contribution in [0.4, 0.5) is 5.13 Å². The van der Waals surface area contributed by atoms with Crippen molar-refractivity contribution < 1.29 is 23.8 Å². The van der Waals surface area contributed by atoms with E-state index in [9.17, 15) is 9.59 Å². The summed E-state index contributed by atoms with van der Waals surface area (Å²) in [4.78, 5) is 25.7. The molecule has 0 unspecified atom stereocenters. The number of carbonyl (C=O) groups excluding carboxylic acids is 2. The number of carbonyl (C=O) groups is 2. The second-order valence-corrected chi connectivity index (χ2v) is 11.7. The summed E-state index contributed by atoms with van der Waals surface area (Å²) >= 11 is 4.12. The van der Waals surface area contributed by atoms with Gasteiger partial charge in [-0.1, -0.05) is 53.9 Å². The first-order valence-corrected chi connectivity index (χ1v) is 15.1. The van der Waals surface area contributed by atoms with Crippen LogP contribution in [0.25, 0.3) is 5.69 Å². The van der Waals surface area contributed by atoms with Gasteiger partial charge in [0.2, 0.25) is 16.8 Å². The summed E-state index contributed by atoms with van der Waals surface area (Å²) in [6, 6.07) is 10.9. The summed E-state index contributed by atoms with van der Waals surface area (Å²) in [5.41, 5.74) is 2.17. The molecule has 4 rings (SSSR count). The van der Waals surface area contributed by atoms with Crippen LogP contribution in [0.5, 0.6) is 17.2 Å². The summed E-state index contributed by atoms with van der Waals surface area (Å²) in [5.74, 6) is 1.96. The van der Waals surface area contributed by atoms with Crippen LogP contribution in [-0.2, 0) is 11.3 Å². The molecule has 0 spiro atoms. The van der Waals surface area contributed by atoms with Crippen molar-refractivity contribution in [1.82, 2.24) is 30.3 Å². The Morgan fingerprint density at radius 2 is 1.73 bits per heavy atom. The number of nitrogens with one attached hydrogen (secondary N) is 2. The molecule has 0 saturated heterocycles. The van der Waals surface area contributed by atoms with E-state index in [0.717, 1.165) is 21.3 Å². The quantitative estimate of drug-likeness (QED) is 0.165. The number of ether oxygens (including phenoxy) is 3. The fourth-order valence-corrected chi connectivity index (χ4v) is 6.17. The summed E-state index contributed by atoms with van der Waals surface area (Å²) < 4.78 is 18.7. The molecule has 0 bridgehead atoms. The normalized spacial score (nSPS) is 10.8. The maximum absolute atomic E-state index is 13.1. The Hall–Kier alpha value is -3.82. The summed E-state index contributed by atoms with van der Waals surface area (Å²) in [6.07, 6.45) is 0. The molecule has 2 aromatic carbocycles.